The number of hydrogen-bond donors (Lipinski definition) is 2. The van der Waals surface area contributed by atoms with Crippen molar-refractivity contribution in [2.24, 2.45) is 5.73 Å². The van der Waals surface area contributed by atoms with Crippen LogP contribution in [0.25, 0.3) is 0 Å². The molecule has 13 heavy (non-hydrogen) atoms. The summed E-state index contributed by atoms with van der Waals surface area (Å²) in [4.78, 5) is 13.1. The number of carboxylic acids is 1. The fraction of sp³-hybridized carbons (Fsp3) is 0.750. The molecule has 0 aromatic carbocycles. The van der Waals surface area contributed by atoms with E-state index in [1.807, 2.05) is 0 Å². The largest absolute Gasteiger partial charge is 0.480 e. The summed E-state index contributed by atoms with van der Waals surface area (Å²) >= 11 is 5.07. The molecule has 0 amide bonds. The summed E-state index contributed by atoms with van der Waals surface area (Å²) in [6.45, 7) is 2.50. The molecular weight excluding hydrogens is 188 g/mol. The van der Waals surface area contributed by atoms with Gasteiger partial charge in [-0.05, 0) is 19.8 Å². The number of carboxylic acid groups (broad SMARTS) is 1. The Kier molecular flexibility index (Phi) is 3.22. The molecule has 0 radical (unpaired) electrons. The third-order valence-corrected chi connectivity index (χ3v) is 2.82. The topological polar surface area (TPSA) is 66.6 Å². The van der Waals surface area contributed by atoms with Gasteiger partial charge < -0.3 is 15.7 Å². The highest BCUT2D eigenvalue weighted by molar-refractivity contribution is 7.80. The maximum atomic E-state index is 10.8. The Bertz CT molecular complexity index is 230. The first-order chi connectivity index (χ1) is 6.04. The van der Waals surface area contributed by atoms with Crippen molar-refractivity contribution in [3.05, 3.63) is 0 Å². The molecule has 2 atom stereocenters. The minimum atomic E-state index is -0.805. The van der Waals surface area contributed by atoms with E-state index < -0.39 is 12.0 Å². The van der Waals surface area contributed by atoms with Crippen molar-refractivity contribution in [2.45, 2.75) is 31.8 Å². The monoisotopic (exact) mass is 202 g/mol. The fourth-order valence-corrected chi connectivity index (χ4v) is 1.77. The van der Waals surface area contributed by atoms with Gasteiger partial charge in [-0.2, -0.15) is 0 Å². The lowest BCUT2D eigenvalue weighted by atomic mass is 10.2. The first-order valence-electron chi connectivity index (χ1n) is 4.33. The van der Waals surface area contributed by atoms with E-state index in [0.29, 0.717) is 11.4 Å². The lowest BCUT2D eigenvalue weighted by Gasteiger charge is -2.26. The van der Waals surface area contributed by atoms with Crippen LogP contribution in [0.5, 0.6) is 0 Å². The van der Waals surface area contributed by atoms with Crippen molar-refractivity contribution in [2.75, 3.05) is 6.54 Å². The van der Waals surface area contributed by atoms with Crippen molar-refractivity contribution in [3.63, 3.8) is 0 Å². The van der Waals surface area contributed by atoms with Gasteiger partial charge in [0.2, 0.25) is 0 Å². The van der Waals surface area contributed by atoms with E-state index in [0.717, 1.165) is 13.0 Å². The third-order valence-electron chi connectivity index (χ3n) is 2.21. The molecule has 1 heterocycles. The Morgan fingerprint density at radius 2 is 2.38 bits per heavy atom. The highest BCUT2D eigenvalue weighted by Gasteiger charge is 2.32. The van der Waals surface area contributed by atoms with E-state index in [1.54, 1.807) is 11.8 Å². The average Bonchev–Trinajstić information content (AvgIpc) is 2.50. The Morgan fingerprint density at radius 1 is 1.77 bits per heavy atom. The van der Waals surface area contributed by atoms with Gasteiger partial charge in [-0.25, -0.2) is 4.79 Å². The molecule has 0 unspecified atom stereocenters. The van der Waals surface area contributed by atoms with Crippen LogP contribution in [0, 0.1) is 0 Å². The fourth-order valence-electron chi connectivity index (χ4n) is 1.55. The first-order valence-corrected chi connectivity index (χ1v) is 4.73. The predicted molar refractivity (Wildman–Crippen MR) is 53.6 cm³/mol. The number of rotatable bonds is 2. The van der Waals surface area contributed by atoms with Gasteiger partial charge in [-0.15, -0.1) is 0 Å². The standard InChI is InChI=1S/C8H14N2O2S/c1-5(9)7(13)10-4-2-3-6(10)8(11)12/h5-6H,2-4,9H2,1H3,(H,11,12)/t5-,6+/m0/s1. The first kappa shape index (κ1) is 10.4. The maximum absolute atomic E-state index is 10.8. The van der Waals surface area contributed by atoms with Crippen LogP contribution in [-0.2, 0) is 4.79 Å². The number of aliphatic carboxylic acids is 1. The van der Waals surface area contributed by atoms with Crippen LogP contribution in [-0.4, -0.2) is 39.6 Å². The van der Waals surface area contributed by atoms with E-state index in [9.17, 15) is 4.79 Å². The molecule has 1 rings (SSSR count). The van der Waals surface area contributed by atoms with E-state index in [2.05, 4.69) is 0 Å². The van der Waals surface area contributed by atoms with Gasteiger partial charge in [0.15, 0.2) is 0 Å². The minimum absolute atomic E-state index is 0.241. The maximum Gasteiger partial charge on any atom is 0.326 e. The highest BCUT2D eigenvalue weighted by Crippen LogP contribution is 2.18. The molecule has 0 bridgehead atoms. The Balaban J connectivity index is 2.68. The van der Waals surface area contributed by atoms with E-state index in [4.69, 9.17) is 23.1 Å². The zero-order valence-corrected chi connectivity index (χ0v) is 8.38. The number of likely N-dealkylation sites (tertiary alicyclic amines) is 1. The molecular formula is C8H14N2O2S. The molecule has 0 aromatic rings. The summed E-state index contributed by atoms with van der Waals surface area (Å²) in [5.74, 6) is -0.805. The molecule has 74 valence electrons. The Hall–Kier alpha value is -0.680. The molecule has 5 heteroatoms. The van der Waals surface area contributed by atoms with Crippen molar-refractivity contribution in [3.8, 4) is 0 Å². The smallest absolute Gasteiger partial charge is 0.326 e. The van der Waals surface area contributed by atoms with Gasteiger partial charge in [0.1, 0.15) is 6.04 Å². The van der Waals surface area contributed by atoms with Gasteiger partial charge in [0.05, 0.1) is 11.0 Å². The second-order valence-electron chi connectivity index (χ2n) is 3.32. The summed E-state index contributed by atoms with van der Waals surface area (Å²) in [6, 6.07) is -0.701. The summed E-state index contributed by atoms with van der Waals surface area (Å²) in [6.07, 6.45) is 1.55. The van der Waals surface area contributed by atoms with Gasteiger partial charge >= 0.3 is 5.97 Å². The van der Waals surface area contributed by atoms with Crippen LogP contribution in [0.3, 0.4) is 0 Å². The molecule has 0 spiro atoms. The van der Waals surface area contributed by atoms with E-state index in [1.165, 1.54) is 0 Å². The summed E-state index contributed by atoms with van der Waals surface area (Å²) < 4.78 is 0. The van der Waals surface area contributed by atoms with Gasteiger partial charge in [0, 0.05) is 6.54 Å². The van der Waals surface area contributed by atoms with Gasteiger partial charge in [-0.3, -0.25) is 0 Å². The van der Waals surface area contributed by atoms with Gasteiger partial charge in [-0.1, -0.05) is 12.2 Å². The number of hydrogen-bond acceptors (Lipinski definition) is 3. The SMILES string of the molecule is C[C@H](N)C(=S)N1CCC[C@@H]1C(=O)O. The molecule has 4 nitrogen and oxygen atoms in total. The van der Waals surface area contributed by atoms with Crippen LogP contribution in [0.4, 0.5) is 0 Å². The molecule has 0 saturated carbocycles. The molecule has 1 aliphatic heterocycles. The van der Waals surface area contributed by atoms with Crippen molar-refractivity contribution in [1.82, 2.24) is 4.90 Å². The number of nitrogens with two attached hydrogens (primary N) is 1. The summed E-state index contributed by atoms with van der Waals surface area (Å²) in [5, 5.41) is 8.87. The summed E-state index contributed by atoms with van der Waals surface area (Å²) in [7, 11) is 0. The molecule has 1 aliphatic rings. The molecule has 1 saturated heterocycles. The van der Waals surface area contributed by atoms with Crippen LogP contribution in [0.2, 0.25) is 0 Å². The molecule has 0 aliphatic carbocycles. The Morgan fingerprint density at radius 3 is 2.85 bits per heavy atom. The zero-order chi connectivity index (χ0) is 10.0. The quantitative estimate of drug-likeness (QED) is 0.627. The van der Waals surface area contributed by atoms with Crippen LogP contribution < -0.4 is 5.73 Å². The Labute approximate surface area is 82.7 Å². The highest BCUT2D eigenvalue weighted by atomic mass is 32.1. The third kappa shape index (κ3) is 2.16. The van der Waals surface area contributed by atoms with E-state index >= 15 is 0 Å². The normalized spacial score (nSPS) is 24.5. The van der Waals surface area contributed by atoms with Gasteiger partial charge in [0.25, 0.3) is 0 Å². The average molecular weight is 202 g/mol. The van der Waals surface area contributed by atoms with Crippen LogP contribution in [0.1, 0.15) is 19.8 Å². The molecule has 3 N–H and O–H groups in total. The van der Waals surface area contributed by atoms with Crippen LogP contribution in [0.15, 0.2) is 0 Å². The lowest BCUT2D eigenvalue weighted by molar-refractivity contribution is -0.140. The minimum Gasteiger partial charge on any atom is -0.480 e. The zero-order valence-electron chi connectivity index (χ0n) is 7.56. The number of thiocarbonyl (C=S) groups is 1. The van der Waals surface area contributed by atoms with Crippen molar-refractivity contribution in [1.29, 1.82) is 0 Å². The van der Waals surface area contributed by atoms with E-state index in [-0.39, 0.29) is 6.04 Å². The second-order valence-corrected chi connectivity index (χ2v) is 3.73. The number of nitrogens with zero attached hydrogens (tertiary/aromatic N) is 1. The molecule has 1 fully saturated rings. The van der Waals surface area contributed by atoms with Crippen LogP contribution >= 0.6 is 12.2 Å². The lowest BCUT2D eigenvalue weighted by Crippen LogP contribution is -2.46. The second kappa shape index (κ2) is 4.02. The summed E-state index contributed by atoms with van der Waals surface area (Å²) in [5.41, 5.74) is 5.60. The van der Waals surface area contributed by atoms with Crippen molar-refractivity contribution < 1.29 is 9.90 Å². The molecule has 0 aromatic heterocycles. The predicted octanol–water partition coefficient (Wildman–Crippen LogP) is 0.210. The number of carbonyl (C=O) groups is 1. The van der Waals surface area contributed by atoms with Crippen molar-refractivity contribution >= 4 is 23.2 Å².